The highest BCUT2D eigenvalue weighted by Crippen LogP contribution is 2.24. The summed E-state index contributed by atoms with van der Waals surface area (Å²) in [5, 5.41) is 7.31. The predicted octanol–water partition coefficient (Wildman–Crippen LogP) is 5.00. The van der Waals surface area contributed by atoms with E-state index in [1.54, 1.807) is 18.2 Å². The van der Waals surface area contributed by atoms with Crippen LogP contribution in [0.4, 0.5) is 4.39 Å². The molecule has 0 aliphatic rings. The average molecular weight is 485 g/mol. The summed E-state index contributed by atoms with van der Waals surface area (Å²) in [6, 6.07) is 15.6. The highest BCUT2D eigenvalue weighted by atomic mass is 19.1. The zero-order chi connectivity index (χ0) is 25.1. The van der Waals surface area contributed by atoms with Crippen molar-refractivity contribution in [2.24, 2.45) is 0 Å². The molecule has 36 heavy (non-hydrogen) atoms. The Hall–Kier alpha value is -4.59. The van der Waals surface area contributed by atoms with E-state index in [4.69, 9.17) is 4.42 Å². The number of rotatable bonds is 8. The quantitative estimate of drug-likeness (QED) is 0.271. The van der Waals surface area contributed by atoms with Crippen LogP contribution in [0.3, 0.4) is 0 Å². The van der Waals surface area contributed by atoms with Crippen molar-refractivity contribution in [3.63, 3.8) is 0 Å². The summed E-state index contributed by atoms with van der Waals surface area (Å²) in [6.45, 7) is 3.11. The molecule has 0 aliphatic carbocycles. The van der Waals surface area contributed by atoms with Crippen LogP contribution in [0.15, 0.2) is 83.4 Å². The molecule has 0 radical (unpaired) electrons. The number of para-hydroxylation sites is 1. The van der Waals surface area contributed by atoms with Gasteiger partial charge in [-0.05, 0) is 61.4 Å². The predicted molar refractivity (Wildman–Crippen MR) is 137 cm³/mol. The van der Waals surface area contributed by atoms with Crippen molar-refractivity contribution in [1.82, 2.24) is 20.2 Å². The molecule has 0 fully saturated rings. The molecule has 7 nitrogen and oxygen atoms in total. The van der Waals surface area contributed by atoms with E-state index in [-0.39, 0.29) is 17.3 Å². The Kier molecular flexibility index (Phi) is 6.40. The second kappa shape index (κ2) is 9.95. The van der Waals surface area contributed by atoms with Crippen molar-refractivity contribution < 1.29 is 18.4 Å². The fourth-order valence-electron chi connectivity index (χ4n) is 4.32. The van der Waals surface area contributed by atoms with E-state index in [2.05, 4.69) is 20.2 Å². The molecule has 0 aliphatic heterocycles. The fourth-order valence-corrected chi connectivity index (χ4v) is 4.32. The number of hydrogen-bond acceptors (Lipinski definition) is 3. The molecule has 8 heteroatoms. The summed E-state index contributed by atoms with van der Waals surface area (Å²) in [5.74, 6) is -1.17. The number of aromatic amines is 1. The van der Waals surface area contributed by atoms with Gasteiger partial charge < -0.3 is 24.6 Å². The van der Waals surface area contributed by atoms with Crippen LogP contribution in [0.2, 0.25) is 0 Å². The number of nitrogens with zero attached hydrogens (tertiary/aromatic N) is 1. The Morgan fingerprint density at radius 1 is 1.11 bits per heavy atom. The maximum atomic E-state index is 13.7. The number of aromatic nitrogens is 2. The van der Waals surface area contributed by atoms with Crippen LogP contribution in [0.25, 0.3) is 27.9 Å². The normalized spacial score (nSPS) is 11.8. The number of carbonyl (C=O) groups is 2. The monoisotopic (exact) mass is 484 g/mol. The molecule has 182 valence electrons. The fraction of sp³-hybridized carbons (Fsp3) is 0.143. The summed E-state index contributed by atoms with van der Waals surface area (Å²) in [5.41, 5.74) is 3.66. The van der Waals surface area contributed by atoms with Crippen molar-refractivity contribution in [3.05, 3.63) is 102 Å². The molecule has 0 atom stereocenters. The highest BCUT2D eigenvalue weighted by Gasteiger charge is 2.18. The average Bonchev–Trinajstić information content (AvgIpc) is 3.63. The van der Waals surface area contributed by atoms with E-state index in [1.165, 1.54) is 24.5 Å². The number of aryl methyl sites for hydroxylation is 1. The third-order valence-electron chi connectivity index (χ3n) is 6.11. The second-order valence-corrected chi connectivity index (χ2v) is 8.39. The molecule has 5 rings (SSSR count). The molecule has 0 unspecified atom stereocenters. The number of furan rings is 1. The van der Waals surface area contributed by atoms with Gasteiger partial charge in [-0.15, -0.1) is 0 Å². The van der Waals surface area contributed by atoms with E-state index >= 15 is 0 Å². The Balaban J connectivity index is 1.39. The van der Waals surface area contributed by atoms with E-state index in [1.807, 2.05) is 43.6 Å². The molecule has 3 aromatic heterocycles. The second-order valence-electron chi connectivity index (χ2n) is 8.39. The van der Waals surface area contributed by atoms with Gasteiger partial charge in [0.05, 0.1) is 6.26 Å². The van der Waals surface area contributed by atoms with Gasteiger partial charge >= 0.3 is 0 Å². The first-order valence-electron chi connectivity index (χ1n) is 11.7. The SMILES string of the molecule is CCn1cc(C=C(NC(=O)c2ccco2)C(=O)NCCc2c[nH]c3ccc(F)cc23)c2ccccc21. The molecule has 3 heterocycles. The zero-order valence-corrected chi connectivity index (χ0v) is 19.7. The summed E-state index contributed by atoms with van der Waals surface area (Å²) in [6.07, 6.45) is 7.33. The molecule has 5 aromatic rings. The summed E-state index contributed by atoms with van der Waals surface area (Å²) < 4.78 is 21.0. The topological polar surface area (TPSA) is 92.1 Å². The van der Waals surface area contributed by atoms with Gasteiger partial charge in [0.1, 0.15) is 11.5 Å². The number of amides is 2. The van der Waals surface area contributed by atoms with Crippen LogP contribution in [0.5, 0.6) is 0 Å². The van der Waals surface area contributed by atoms with E-state index in [0.29, 0.717) is 13.0 Å². The van der Waals surface area contributed by atoms with Gasteiger partial charge in [0.2, 0.25) is 0 Å². The molecule has 2 aromatic carbocycles. The molecule has 0 bridgehead atoms. The lowest BCUT2D eigenvalue weighted by molar-refractivity contribution is -0.117. The van der Waals surface area contributed by atoms with Gasteiger partial charge in [-0.1, -0.05) is 18.2 Å². The number of fused-ring (bicyclic) bond motifs is 2. The standard InChI is InChI=1S/C28H25FN4O3/c1-2-33-17-19(21-6-3-4-7-25(21)33)14-24(32-28(35)26-8-5-13-36-26)27(34)30-12-11-18-16-31-23-10-9-20(29)15-22(18)23/h3-10,13-17,31H,2,11-12H2,1H3,(H,30,34)(H,32,35). The molecule has 0 saturated carbocycles. The summed E-state index contributed by atoms with van der Waals surface area (Å²) in [7, 11) is 0. The smallest absolute Gasteiger partial charge is 0.291 e. The van der Waals surface area contributed by atoms with Crippen LogP contribution in [0.1, 0.15) is 28.6 Å². The number of halogens is 1. The number of hydrogen-bond donors (Lipinski definition) is 3. The first-order chi connectivity index (χ1) is 17.5. The third kappa shape index (κ3) is 4.65. The van der Waals surface area contributed by atoms with Gasteiger partial charge in [-0.3, -0.25) is 9.59 Å². The minimum atomic E-state index is -0.521. The zero-order valence-electron chi connectivity index (χ0n) is 19.7. The number of nitrogens with one attached hydrogen (secondary N) is 3. The maximum Gasteiger partial charge on any atom is 0.291 e. The van der Waals surface area contributed by atoms with Crippen molar-refractivity contribution in [2.75, 3.05) is 6.54 Å². The number of H-pyrrole nitrogens is 1. The van der Waals surface area contributed by atoms with E-state index in [0.717, 1.165) is 39.5 Å². The maximum absolute atomic E-state index is 13.7. The minimum Gasteiger partial charge on any atom is -0.459 e. The van der Waals surface area contributed by atoms with E-state index in [9.17, 15) is 14.0 Å². The van der Waals surface area contributed by atoms with Crippen LogP contribution in [0, 0.1) is 5.82 Å². The van der Waals surface area contributed by atoms with Crippen LogP contribution >= 0.6 is 0 Å². The molecule has 0 saturated heterocycles. The first kappa shape index (κ1) is 23.2. The Labute approximate surface area is 206 Å². The summed E-state index contributed by atoms with van der Waals surface area (Å²) in [4.78, 5) is 29.0. The largest absolute Gasteiger partial charge is 0.459 e. The van der Waals surface area contributed by atoms with Crippen molar-refractivity contribution >= 4 is 39.7 Å². The molecular weight excluding hydrogens is 459 g/mol. The lowest BCUT2D eigenvalue weighted by atomic mass is 10.1. The van der Waals surface area contributed by atoms with Gasteiger partial charge in [0.25, 0.3) is 11.8 Å². The van der Waals surface area contributed by atoms with Crippen LogP contribution in [-0.4, -0.2) is 27.9 Å². The minimum absolute atomic E-state index is 0.0976. The van der Waals surface area contributed by atoms with Gasteiger partial charge in [0, 0.05) is 52.9 Å². The van der Waals surface area contributed by atoms with Crippen molar-refractivity contribution in [2.45, 2.75) is 19.9 Å². The Bertz CT molecular complexity index is 1580. The highest BCUT2D eigenvalue weighted by molar-refractivity contribution is 6.06. The van der Waals surface area contributed by atoms with Gasteiger partial charge in [-0.25, -0.2) is 4.39 Å². The van der Waals surface area contributed by atoms with Crippen LogP contribution in [-0.2, 0) is 17.8 Å². The van der Waals surface area contributed by atoms with E-state index < -0.39 is 11.8 Å². The lowest BCUT2D eigenvalue weighted by Crippen LogP contribution is -2.35. The molecular formula is C28H25FN4O3. The van der Waals surface area contributed by atoms with Gasteiger partial charge in [-0.2, -0.15) is 0 Å². The van der Waals surface area contributed by atoms with Crippen molar-refractivity contribution in [3.8, 4) is 0 Å². The number of carbonyl (C=O) groups excluding carboxylic acids is 2. The molecule has 2 amide bonds. The summed E-state index contributed by atoms with van der Waals surface area (Å²) >= 11 is 0. The molecule has 3 N–H and O–H groups in total. The van der Waals surface area contributed by atoms with Crippen LogP contribution < -0.4 is 10.6 Å². The lowest BCUT2D eigenvalue weighted by Gasteiger charge is -2.10. The van der Waals surface area contributed by atoms with Crippen molar-refractivity contribution in [1.29, 1.82) is 0 Å². The number of benzene rings is 2. The third-order valence-corrected chi connectivity index (χ3v) is 6.11. The Morgan fingerprint density at radius 2 is 1.97 bits per heavy atom. The first-order valence-corrected chi connectivity index (χ1v) is 11.7. The molecule has 0 spiro atoms. The van der Waals surface area contributed by atoms with Gasteiger partial charge in [0.15, 0.2) is 5.76 Å². The Morgan fingerprint density at radius 3 is 2.78 bits per heavy atom.